The number of rotatable bonds is 4. The topological polar surface area (TPSA) is 20.2 Å². The van der Waals surface area contributed by atoms with Crippen molar-refractivity contribution in [3.63, 3.8) is 0 Å². The van der Waals surface area contributed by atoms with E-state index in [4.69, 9.17) is 0 Å². The molecule has 0 radical (unpaired) electrons. The zero-order valence-corrected chi connectivity index (χ0v) is 9.65. The molecule has 0 saturated carbocycles. The molecule has 0 heterocycles. The van der Waals surface area contributed by atoms with Gasteiger partial charge in [0.1, 0.15) is 0 Å². The summed E-state index contributed by atoms with van der Waals surface area (Å²) in [5.41, 5.74) is 0. The first-order valence-corrected chi connectivity index (χ1v) is 5.28. The van der Waals surface area contributed by atoms with Gasteiger partial charge in [0.25, 0.3) is 0 Å². The predicted octanol–water partition coefficient (Wildman–Crippen LogP) is 1.37. The van der Waals surface area contributed by atoms with E-state index in [1.807, 2.05) is 6.92 Å². The normalized spacial score (nSPS) is 15.3. The van der Waals surface area contributed by atoms with Crippen LogP contribution in [0.5, 0.6) is 0 Å². The summed E-state index contributed by atoms with van der Waals surface area (Å²) in [5, 5.41) is 9.59. The zero-order chi connectivity index (χ0) is 8.20. The molecule has 0 aromatic heterocycles. The molecule has 0 aliphatic carbocycles. The summed E-state index contributed by atoms with van der Waals surface area (Å²) in [5.74, 6) is 0. The van der Waals surface area contributed by atoms with Crippen LogP contribution in [-0.2, 0) is 0 Å². The van der Waals surface area contributed by atoms with Crippen LogP contribution >= 0.6 is 0 Å². The molecule has 0 aliphatic rings. The van der Waals surface area contributed by atoms with Crippen LogP contribution in [0.3, 0.4) is 0 Å². The summed E-state index contributed by atoms with van der Waals surface area (Å²) in [7, 11) is 0. The molecule has 10 heavy (non-hydrogen) atoms. The van der Waals surface area contributed by atoms with Crippen molar-refractivity contribution in [3.8, 4) is 0 Å². The first-order valence-electron chi connectivity index (χ1n) is 4.07. The van der Waals surface area contributed by atoms with E-state index >= 15 is 0 Å². The van der Waals surface area contributed by atoms with Crippen molar-refractivity contribution in [2.24, 2.45) is 0 Å². The fourth-order valence-electron chi connectivity index (χ4n) is 1.13. The van der Waals surface area contributed by atoms with E-state index in [1.165, 1.54) is 0 Å². The van der Waals surface area contributed by atoms with E-state index in [2.05, 4.69) is 13.8 Å². The van der Waals surface area contributed by atoms with Crippen LogP contribution in [0, 0.1) is 0 Å². The maximum absolute atomic E-state index is 9.59. The fourth-order valence-corrected chi connectivity index (χ4v) is 1.62. The van der Waals surface area contributed by atoms with Crippen molar-refractivity contribution in [2.45, 2.75) is 50.3 Å². The summed E-state index contributed by atoms with van der Waals surface area (Å²) in [6.07, 6.45) is 2.99. The Bertz CT molecular complexity index is 89.3. The molecule has 0 aromatic rings. The first kappa shape index (κ1) is 10.5. The molecular weight excluding hydrogens is 187 g/mol. The monoisotopic (exact) mass is 206 g/mol. The molecule has 62 valence electrons. The van der Waals surface area contributed by atoms with Gasteiger partial charge in [-0.1, -0.05) is 0 Å². The Balaban J connectivity index is 4.02. The molecule has 2 unspecified atom stereocenters. The van der Waals surface area contributed by atoms with Crippen molar-refractivity contribution >= 4 is 16.9 Å². The Morgan fingerprint density at radius 1 is 1.30 bits per heavy atom. The second-order valence-electron chi connectivity index (χ2n) is 2.86. The third-order valence-electron chi connectivity index (χ3n) is 2.37. The van der Waals surface area contributed by atoms with Gasteiger partial charge in [0.2, 0.25) is 0 Å². The molecule has 0 spiro atoms. The Labute approximate surface area is 72.7 Å². The molecular formula is C8H19AsO. The SMILES string of the molecule is CCC(O)C([AsH2])(CC)CC. The minimum atomic E-state index is -0.0949. The van der Waals surface area contributed by atoms with E-state index in [0.717, 1.165) is 19.3 Å². The van der Waals surface area contributed by atoms with E-state index in [9.17, 15) is 5.11 Å². The Morgan fingerprint density at radius 2 is 1.70 bits per heavy atom. The zero-order valence-electron chi connectivity index (χ0n) is 7.22. The van der Waals surface area contributed by atoms with Gasteiger partial charge in [0.05, 0.1) is 0 Å². The molecule has 1 nitrogen and oxygen atoms in total. The van der Waals surface area contributed by atoms with Crippen molar-refractivity contribution in [1.29, 1.82) is 0 Å². The number of aliphatic hydroxyl groups is 1. The van der Waals surface area contributed by atoms with Gasteiger partial charge >= 0.3 is 72.3 Å². The van der Waals surface area contributed by atoms with Crippen LogP contribution in [0.4, 0.5) is 0 Å². The second kappa shape index (κ2) is 4.41. The Hall–Kier alpha value is 0.518. The van der Waals surface area contributed by atoms with Gasteiger partial charge in [-0.05, 0) is 0 Å². The summed E-state index contributed by atoms with van der Waals surface area (Å²) in [6, 6.07) is 0. The molecule has 0 bridgehead atoms. The van der Waals surface area contributed by atoms with Crippen molar-refractivity contribution in [3.05, 3.63) is 0 Å². The molecule has 0 fully saturated rings. The number of hydrogen-bond acceptors (Lipinski definition) is 1. The van der Waals surface area contributed by atoms with Gasteiger partial charge in [-0.3, -0.25) is 0 Å². The summed E-state index contributed by atoms with van der Waals surface area (Å²) < 4.78 is 0.210. The number of aliphatic hydroxyl groups excluding tert-OH is 1. The first-order chi connectivity index (χ1) is 4.60. The summed E-state index contributed by atoms with van der Waals surface area (Å²) >= 11 is 1.69. The summed E-state index contributed by atoms with van der Waals surface area (Å²) in [6.45, 7) is 6.36. The van der Waals surface area contributed by atoms with Gasteiger partial charge in [0.15, 0.2) is 0 Å². The molecule has 2 atom stereocenters. The fraction of sp³-hybridized carbons (Fsp3) is 1.00. The van der Waals surface area contributed by atoms with E-state index in [1.54, 1.807) is 16.9 Å². The van der Waals surface area contributed by atoms with E-state index in [-0.39, 0.29) is 10.3 Å². The Morgan fingerprint density at radius 3 is 1.80 bits per heavy atom. The molecule has 2 heteroatoms. The maximum atomic E-state index is 9.59. The van der Waals surface area contributed by atoms with E-state index in [0.29, 0.717) is 0 Å². The predicted molar refractivity (Wildman–Crippen MR) is 48.1 cm³/mol. The van der Waals surface area contributed by atoms with Crippen LogP contribution in [0.15, 0.2) is 0 Å². The molecule has 0 aromatic carbocycles. The van der Waals surface area contributed by atoms with Gasteiger partial charge in [-0.15, -0.1) is 0 Å². The van der Waals surface area contributed by atoms with Crippen LogP contribution in [-0.4, -0.2) is 28.1 Å². The number of hydrogen-bond donors (Lipinski definition) is 1. The molecule has 0 amide bonds. The molecule has 0 rings (SSSR count). The standard InChI is InChI=1S/C8H19AsO/c1-4-7(10)8(9,5-2)6-3/h7,10H,4-6,9H2,1-3H3. The van der Waals surface area contributed by atoms with Gasteiger partial charge in [0, 0.05) is 0 Å². The molecule has 0 saturated heterocycles. The second-order valence-corrected chi connectivity index (χ2v) is 5.28. The van der Waals surface area contributed by atoms with Crippen LogP contribution < -0.4 is 0 Å². The van der Waals surface area contributed by atoms with Crippen LogP contribution in [0.1, 0.15) is 40.0 Å². The van der Waals surface area contributed by atoms with Gasteiger partial charge in [-0.25, -0.2) is 0 Å². The van der Waals surface area contributed by atoms with Crippen molar-refractivity contribution in [1.82, 2.24) is 0 Å². The van der Waals surface area contributed by atoms with Gasteiger partial charge in [-0.2, -0.15) is 0 Å². The average Bonchev–Trinajstić information content (AvgIpc) is 2.01. The quantitative estimate of drug-likeness (QED) is 0.689. The van der Waals surface area contributed by atoms with Crippen molar-refractivity contribution in [2.75, 3.05) is 0 Å². The van der Waals surface area contributed by atoms with Crippen LogP contribution in [0.25, 0.3) is 0 Å². The third-order valence-corrected chi connectivity index (χ3v) is 4.89. The van der Waals surface area contributed by atoms with Gasteiger partial charge < -0.3 is 0 Å². The van der Waals surface area contributed by atoms with Crippen LogP contribution in [0.2, 0.25) is 4.20 Å². The van der Waals surface area contributed by atoms with E-state index < -0.39 is 0 Å². The minimum absolute atomic E-state index is 0.0949. The Kier molecular flexibility index (Phi) is 4.64. The third kappa shape index (κ3) is 2.28. The molecule has 1 N–H and O–H groups in total. The summed E-state index contributed by atoms with van der Waals surface area (Å²) in [4.78, 5) is 0. The van der Waals surface area contributed by atoms with Crippen molar-refractivity contribution < 1.29 is 5.11 Å². The molecule has 0 aliphatic heterocycles. The average molecular weight is 206 g/mol.